The molecule has 0 amide bonds. The third-order valence-corrected chi connectivity index (χ3v) is 4.42. The summed E-state index contributed by atoms with van der Waals surface area (Å²) < 4.78 is 1.84. The SMILES string of the molecule is OC[C@@H]1CCCN(c2ncnc3c2cnn3-c2ccccc2)C1. The number of hydrogen-bond acceptors (Lipinski definition) is 5. The number of nitrogens with zero attached hydrogens (tertiary/aromatic N) is 5. The average molecular weight is 309 g/mol. The van der Waals surface area contributed by atoms with E-state index in [9.17, 15) is 5.11 Å². The highest BCUT2D eigenvalue weighted by atomic mass is 16.3. The minimum atomic E-state index is 0.230. The number of hydrogen-bond donors (Lipinski definition) is 1. The van der Waals surface area contributed by atoms with Crippen LogP contribution < -0.4 is 4.90 Å². The largest absolute Gasteiger partial charge is 0.396 e. The van der Waals surface area contributed by atoms with Crippen LogP contribution in [-0.2, 0) is 0 Å². The monoisotopic (exact) mass is 309 g/mol. The van der Waals surface area contributed by atoms with Crippen molar-refractivity contribution < 1.29 is 5.11 Å². The number of fused-ring (bicyclic) bond motifs is 1. The highest BCUT2D eigenvalue weighted by Crippen LogP contribution is 2.28. The standard InChI is InChI=1S/C17H19N5O/c23-11-13-5-4-8-21(10-13)16-15-9-20-22(17(15)19-12-18-16)14-6-2-1-3-7-14/h1-3,6-7,9,12-13,23H,4-5,8,10-11H2/t13-/m1/s1. The number of para-hydroxylation sites is 1. The molecule has 118 valence electrons. The van der Waals surface area contributed by atoms with Gasteiger partial charge in [0.05, 0.1) is 17.3 Å². The number of benzene rings is 1. The Morgan fingerprint density at radius 2 is 2.04 bits per heavy atom. The number of anilines is 1. The van der Waals surface area contributed by atoms with E-state index in [0.717, 1.165) is 48.5 Å². The zero-order valence-electron chi connectivity index (χ0n) is 12.8. The first kappa shape index (κ1) is 14.1. The Kier molecular flexibility index (Phi) is 3.67. The molecule has 1 saturated heterocycles. The lowest BCUT2D eigenvalue weighted by Crippen LogP contribution is -2.37. The van der Waals surface area contributed by atoms with Crippen LogP contribution in [0.4, 0.5) is 5.82 Å². The van der Waals surface area contributed by atoms with E-state index < -0.39 is 0 Å². The van der Waals surface area contributed by atoms with Crippen molar-refractivity contribution in [3.63, 3.8) is 0 Å². The third-order valence-electron chi connectivity index (χ3n) is 4.42. The molecule has 3 heterocycles. The van der Waals surface area contributed by atoms with Crippen LogP contribution in [-0.4, -0.2) is 44.6 Å². The highest BCUT2D eigenvalue weighted by molar-refractivity contribution is 5.87. The Bertz CT molecular complexity index is 801. The van der Waals surface area contributed by atoms with Gasteiger partial charge < -0.3 is 10.0 Å². The minimum absolute atomic E-state index is 0.230. The fourth-order valence-electron chi connectivity index (χ4n) is 3.25. The summed E-state index contributed by atoms with van der Waals surface area (Å²) in [6, 6.07) is 9.98. The second-order valence-corrected chi connectivity index (χ2v) is 5.96. The summed E-state index contributed by atoms with van der Waals surface area (Å²) in [5.74, 6) is 1.23. The molecule has 6 nitrogen and oxygen atoms in total. The fourth-order valence-corrected chi connectivity index (χ4v) is 3.25. The van der Waals surface area contributed by atoms with E-state index in [1.54, 1.807) is 6.33 Å². The molecule has 0 aliphatic carbocycles. The Balaban J connectivity index is 1.76. The first-order valence-corrected chi connectivity index (χ1v) is 7.97. The van der Waals surface area contributed by atoms with Crippen LogP contribution in [0.15, 0.2) is 42.9 Å². The lowest BCUT2D eigenvalue weighted by molar-refractivity contribution is 0.208. The summed E-state index contributed by atoms with van der Waals surface area (Å²) in [7, 11) is 0. The lowest BCUT2D eigenvalue weighted by atomic mass is 9.99. The molecule has 0 bridgehead atoms. The maximum atomic E-state index is 9.45. The summed E-state index contributed by atoms with van der Waals surface area (Å²) in [6.45, 7) is 2.02. The van der Waals surface area contributed by atoms with Gasteiger partial charge in [-0.3, -0.25) is 0 Å². The van der Waals surface area contributed by atoms with Crippen LogP contribution in [0.5, 0.6) is 0 Å². The molecule has 1 fully saturated rings. The molecule has 1 aliphatic rings. The van der Waals surface area contributed by atoms with Crippen LogP contribution in [0.2, 0.25) is 0 Å². The molecule has 4 rings (SSSR count). The molecular weight excluding hydrogens is 290 g/mol. The van der Waals surface area contributed by atoms with Crippen molar-refractivity contribution in [3.8, 4) is 5.69 Å². The second kappa shape index (κ2) is 5.96. The molecule has 1 N–H and O–H groups in total. The summed E-state index contributed by atoms with van der Waals surface area (Å²) in [4.78, 5) is 11.2. The first-order chi connectivity index (χ1) is 11.4. The predicted molar refractivity (Wildman–Crippen MR) is 88.7 cm³/mol. The van der Waals surface area contributed by atoms with Crippen LogP contribution in [0, 0.1) is 5.92 Å². The molecule has 6 heteroatoms. The van der Waals surface area contributed by atoms with E-state index in [2.05, 4.69) is 20.0 Å². The third kappa shape index (κ3) is 2.55. The second-order valence-electron chi connectivity index (χ2n) is 5.96. The number of rotatable bonds is 3. The normalized spacial score (nSPS) is 18.5. The van der Waals surface area contributed by atoms with Gasteiger partial charge in [-0.05, 0) is 30.9 Å². The van der Waals surface area contributed by atoms with Gasteiger partial charge in [0.15, 0.2) is 5.65 Å². The quantitative estimate of drug-likeness (QED) is 0.802. The molecule has 1 atom stereocenters. The smallest absolute Gasteiger partial charge is 0.168 e. The van der Waals surface area contributed by atoms with Gasteiger partial charge in [-0.25, -0.2) is 14.6 Å². The molecule has 0 unspecified atom stereocenters. The molecule has 0 spiro atoms. The molecule has 0 radical (unpaired) electrons. The van der Waals surface area contributed by atoms with Gasteiger partial charge >= 0.3 is 0 Å². The molecule has 1 aliphatic heterocycles. The van der Waals surface area contributed by atoms with E-state index in [4.69, 9.17) is 0 Å². The van der Waals surface area contributed by atoms with Gasteiger partial charge in [0, 0.05) is 19.7 Å². The van der Waals surface area contributed by atoms with E-state index in [-0.39, 0.29) is 6.61 Å². The number of aromatic nitrogens is 4. The van der Waals surface area contributed by atoms with Crippen molar-refractivity contribution in [3.05, 3.63) is 42.9 Å². The lowest BCUT2D eigenvalue weighted by Gasteiger charge is -2.32. The Labute approximate surface area is 134 Å². The molecule has 23 heavy (non-hydrogen) atoms. The van der Waals surface area contributed by atoms with Crippen LogP contribution >= 0.6 is 0 Å². The Morgan fingerprint density at radius 3 is 2.87 bits per heavy atom. The topological polar surface area (TPSA) is 67.1 Å². The van der Waals surface area contributed by atoms with Gasteiger partial charge in [-0.2, -0.15) is 5.10 Å². The van der Waals surface area contributed by atoms with Gasteiger partial charge in [-0.1, -0.05) is 18.2 Å². The minimum Gasteiger partial charge on any atom is -0.396 e. The number of aliphatic hydroxyl groups excluding tert-OH is 1. The van der Waals surface area contributed by atoms with E-state index in [1.807, 2.05) is 41.2 Å². The molecule has 0 saturated carbocycles. The maximum absolute atomic E-state index is 9.45. The van der Waals surface area contributed by atoms with Gasteiger partial charge in [-0.15, -0.1) is 0 Å². The van der Waals surface area contributed by atoms with Gasteiger partial charge in [0.1, 0.15) is 12.1 Å². The van der Waals surface area contributed by atoms with E-state index in [0.29, 0.717) is 5.92 Å². The van der Waals surface area contributed by atoms with Crippen LogP contribution in [0.25, 0.3) is 16.7 Å². The van der Waals surface area contributed by atoms with Gasteiger partial charge in [0.25, 0.3) is 0 Å². The number of aliphatic hydroxyl groups is 1. The van der Waals surface area contributed by atoms with Crippen molar-refractivity contribution in [2.75, 3.05) is 24.6 Å². The predicted octanol–water partition coefficient (Wildman–Crippen LogP) is 2.02. The van der Waals surface area contributed by atoms with Crippen LogP contribution in [0.3, 0.4) is 0 Å². The molecular formula is C17H19N5O. The summed E-state index contributed by atoms with van der Waals surface area (Å²) in [5.41, 5.74) is 1.80. The summed E-state index contributed by atoms with van der Waals surface area (Å²) >= 11 is 0. The van der Waals surface area contributed by atoms with E-state index in [1.165, 1.54) is 0 Å². The Morgan fingerprint density at radius 1 is 1.17 bits per heavy atom. The average Bonchev–Trinajstić information content (AvgIpc) is 3.06. The molecule has 2 aromatic heterocycles. The van der Waals surface area contributed by atoms with E-state index >= 15 is 0 Å². The Hall–Kier alpha value is -2.47. The summed E-state index contributed by atoms with van der Waals surface area (Å²) in [6.07, 6.45) is 5.58. The summed E-state index contributed by atoms with van der Waals surface area (Å²) in [5, 5.41) is 14.9. The van der Waals surface area contributed by atoms with Crippen molar-refractivity contribution >= 4 is 16.9 Å². The van der Waals surface area contributed by atoms with Crippen molar-refractivity contribution in [2.24, 2.45) is 5.92 Å². The highest BCUT2D eigenvalue weighted by Gasteiger charge is 2.23. The van der Waals surface area contributed by atoms with Crippen molar-refractivity contribution in [1.82, 2.24) is 19.7 Å². The number of piperidine rings is 1. The van der Waals surface area contributed by atoms with Crippen LogP contribution in [0.1, 0.15) is 12.8 Å². The fraction of sp³-hybridized carbons (Fsp3) is 0.353. The molecule has 3 aromatic rings. The van der Waals surface area contributed by atoms with Crippen molar-refractivity contribution in [2.45, 2.75) is 12.8 Å². The molecule has 1 aromatic carbocycles. The van der Waals surface area contributed by atoms with Crippen molar-refractivity contribution in [1.29, 1.82) is 0 Å². The van der Waals surface area contributed by atoms with Gasteiger partial charge in [0.2, 0.25) is 0 Å². The maximum Gasteiger partial charge on any atom is 0.168 e. The zero-order valence-corrected chi connectivity index (χ0v) is 12.8. The first-order valence-electron chi connectivity index (χ1n) is 7.97. The zero-order chi connectivity index (χ0) is 15.6.